The van der Waals surface area contributed by atoms with Crippen LogP contribution < -0.4 is 5.32 Å². The summed E-state index contributed by atoms with van der Waals surface area (Å²) in [6, 6.07) is 7.00. The first-order valence-corrected chi connectivity index (χ1v) is 9.23. The molecule has 1 nitrogen and oxygen atoms in total. The molecule has 1 aromatic carbocycles. The van der Waals surface area contributed by atoms with Crippen molar-refractivity contribution >= 4 is 37.4 Å². The first-order valence-electron chi connectivity index (χ1n) is 7.55. The van der Waals surface area contributed by atoms with Crippen molar-refractivity contribution in [3.63, 3.8) is 0 Å². The first-order chi connectivity index (χ1) is 9.72. The van der Waals surface area contributed by atoms with Crippen molar-refractivity contribution in [3.05, 3.63) is 33.6 Å². The topological polar surface area (TPSA) is 12.0 Å². The molecule has 0 bridgehead atoms. The number of thiophene rings is 1. The summed E-state index contributed by atoms with van der Waals surface area (Å²) >= 11 is 5.52. The number of rotatable bonds is 7. The summed E-state index contributed by atoms with van der Waals surface area (Å²) in [5.74, 6) is 0.729. The zero-order chi connectivity index (χ0) is 14.5. The molecule has 2 rings (SSSR count). The van der Waals surface area contributed by atoms with E-state index in [1.165, 1.54) is 45.8 Å². The largest absolute Gasteiger partial charge is 0.313 e. The van der Waals surface area contributed by atoms with E-state index in [9.17, 15) is 0 Å². The summed E-state index contributed by atoms with van der Waals surface area (Å²) in [5.41, 5.74) is 1.47. The second-order valence-corrected chi connectivity index (χ2v) is 7.15. The number of halogens is 1. The predicted molar refractivity (Wildman–Crippen MR) is 94.6 cm³/mol. The Kier molecular flexibility index (Phi) is 6.06. The van der Waals surface area contributed by atoms with Crippen molar-refractivity contribution in [1.82, 2.24) is 5.32 Å². The van der Waals surface area contributed by atoms with Gasteiger partial charge in [0.2, 0.25) is 0 Å². The van der Waals surface area contributed by atoms with E-state index < -0.39 is 0 Å². The Morgan fingerprint density at radius 1 is 1.20 bits per heavy atom. The fourth-order valence-electron chi connectivity index (χ4n) is 3.15. The predicted octanol–water partition coefficient (Wildman–Crippen LogP) is 6.14. The molecule has 1 unspecified atom stereocenters. The van der Waals surface area contributed by atoms with Crippen LogP contribution in [0.15, 0.2) is 28.1 Å². The highest BCUT2D eigenvalue weighted by atomic mass is 79.9. The smallest absolute Gasteiger partial charge is 0.0488 e. The zero-order valence-electron chi connectivity index (χ0n) is 12.6. The fourth-order valence-corrected chi connectivity index (χ4v) is 4.81. The Hall–Kier alpha value is -0.380. The van der Waals surface area contributed by atoms with E-state index in [1.54, 1.807) is 0 Å². The molecule has 0 aliphatic heterocycles. The van der Waals surface area contributed by atoms with Gasteiger partial charge in [0.25, 0.3) is 0 Å². The Bertz CT molecular complexity index is 543. The third-order valence-corrected chi connectivity index (χ3v) is 5.99. The maximum Gasteiger partial charge on any atom is 0.0488 e. The maximum atomic E-state index is 3.67. The Labute approximate surface area is 134 Å². The molecule has 110 valence electrons. The van der Waals surface area contributed by atoms with Gasteiger partial charge in [0.15, 0.2) is 0 Å². The lowest BCUT2D eigenvalue weighted by molar-refractivity contribution is 0.333. The number of nitrogens with one attached hydrogen (secondary N) is 1. The van der Waals surface area contributed by atoms with Crippen LogP contribution in [0.3, 0.4) is 0 Å². The van der Waals surface area contributed by atoms with Crippen molar-refractivity contribution in [2.75, 3.05) is 7.05 Å². The number of fused-ring (bicyclic) bond motifs is 1. The number of hydrogen-bond acceptors (Lipinski definition) is 2. The van der Waals surface area contributed by atoms with Crippen LogP contribution in [0.1, 0.15) is 51.1 Å². The summed E-state index contributed by atoms with van der Waals surface area (Å²) in [7, 11) is 2.10. The minimum Gasteiger partial charge on any atom is -0.313 e. The molecule has 20 heavy (non-hydrogen) atoms. The molecule has 0 aliphatic rings. The number of hydrogen-bond donors (Lipinski definition) is 1. The molecule has 0 saturated carbocycles. The van der Waals surface area contributed by atoms with E-state index in [0.717, 1.165) is 5.92 Å². The lowest BCUT2D eigenvalue weighted by Gasteiger charge is -2.26. The van der Waals surface area contributed by atoms with Crippen molar-refractivity contribution in [2.45, 2.75) is 45.6 Å². The van der Waals surface area contributed by atoms with E-state index in [0.29, 0.717) is 6.04 Å². The normalized spacial score (nSPS) is 13.2. The average Bonchev–Trinajstić information content (AvgIpc) is 2.86. The minimum atomic E-state index is 0.470. The molecule has 1 heterocycles. The van der Waals surface area contributed by atoms with Crippen molar-refractivity contribution in [2.24, 2.45) is 5.92 Å². The van der Waals surface area contributed by atoms with Crippen molar-refractivity contribution in [3.8, 4) is 0 Å². The van der Waals surface area contributed by atoms with Gasteiger partial charge in [-0.25, -0.2) is 0 Å². The quantitative estimate of drug-likeness (QED) is 0.630. The second kappa shape index (κ2) is 7.58. The Morgan fingerprint density at radius 3 is 2.50 bits per heavy atom. The molecule has 1 atom stereocenters. The molecular formula is C17H24BrNS. The van der Waals surface area contributed by atoms with Crippen LogP contribution in [0.2, 0.25) is 0 Å². The van der Waals surface area contributed by atoms with Gasteiger partial charge in [-0.3, -0.25) is 0 Å². The van der Waals surface area contributed by atoms with Crippen LogP contribution in [0.25, 0.3) is 10.1 Å². The molecule has 0 radical (unpaired) electrons. The van der Waals surface area contributed by atoms with Crippen LogP contribution >= 0.6 is 27.3 Å². The van der Waals surface area contributed by atoms with Gasteiger partial charge in [-0.15, -0.1) is 11.3 Å². The SMILES string of the molecule is CCCC(CCC)C(NC)c1csc2c(Br)cccc12. The lowest BCUT2D eigenvalue weighted by atomic mass is 9.86. The monoisotopic (exact) mass is 353 g/mol. The van der Waals surface area contributed by atoms with Crippen LogP contribution in [0.4, 0.5) is 0 Å². The second-order valence-electron chi connectivity index (χ2n) is 5.41. The summed E-state index contributed by atoms with van der Waals surface area (Å²) in [5, 5.41) is 7.32. The van der Waals surface area contributed by atoms with Gasteiger partial charge in [0.05, 0.1) is 0 Å². The van der Waals surface area contributed by atoms with Gasteiger partial charge in [0.1, 0.15) is 0 Å². The summed E-state index contributed by atoms with van der Waals surface area (Å²) in [6.45, 7) is 4.58. The van der Waals surface area contributed by atoms with Gasteiger partial charge >= 0.3 is 0 Å². The van der Waals surface area contributed by atoms with Gasteiger partial charge in [-0.1, -0.05) is 38.8 Å². The molecule has 0 aliphatic carbocycles. The summed E-state index contributed by atoms with van der Waals surface area (Å²) in [6.07, 6.45) is 5.11. The maximum absolute atomic E-state index is 3.67. The third-order valence-electron chi connectivity index (χ3n) is 4.02. The Morgan fingerprint density at radius 2 is 1.90 bits per heavy atom. The van der Waals surface area contributed by atoms with E-state index in [2.05, 4.69) is 65.7 Å². The number of benzene rings is 1. The standard InChI is InChI=1S/C17H24BrNS/c1-4-7-12(8-5-2)16(19-3)14-11-20-17-13(14)9-6-10-15(17)18/h6,9-12,16,19H,4-5,7-8H2,1-3H3. The van der Waals surface area contributed by atoms with E-state index in [1.807, 2.05) is 11.3 Å². The lowest BCUT2D eigenvalue weighted by Crippen LogP contribution is -2.25. The van der Waals surface area contributed by atoms with E-state index in [4.69, 9.17) is 0 Å². The molecule has 0 amide bonds. The van der Waals surface area contributed by atoms with Gasteiger partial charge in [-0.05, 0) is 64.1 Å². The summed E-state index contributed by atoms with van der Waals surface area (Å²) < 4.78 is 2.58. The van der Waals surface area contributed by atoms with Crippen molar-refractivity contribution in [1.29, 1.82) is 0 Å². The molecule has 2 aromatic rings. The highest BCUT2D eigenvalue weighted by molar-refractivity contribution is 9.10. The first kappa shape index (κ1) is 16.0. The summed E-state index contributed by atoms with van der Waals surface area (Å²) in [4.78, 5) is 0. The highest BCUT2D eigenvalue weighted by Gasteiger charge is 2.23. The molecule has 3 heteroatoms. The molecule has 1 aromatic heterocycles. The molecule has 1 N–H and O–H groups in total. The van der Waals surface area contributed by atoms with Crippen LogP contribution in [0.5, 0.6) is 0 Å². The van der Waals surface area contributed by atoms with E-state index >= 15 is 0 Å². The molecular weight excluding hydrogens is 330 g/mol. The zero-order valence-corrected chi connectivity index (χ0v) is 15.0. The highest BCUT2D eigenvalue weighted by Crippen LogP contribution is 2.39. The fraction of sp³-hybridized carbons (Fsp3) is 0.529. The van der Waals surface area contributed by atoms with Crippen LogP contribution in [0, 0.1) is 5.92 Å². The minimum absolute atomic E-state index is 0.470. The average molecular weight is 354 g/mol. The third kappa shape index (κ3) is 3.26. The Balaban J connectivity index is 2.40. The van der Waals surface area contributed by atoms with E-state index in [-0.39, 0.29) is 0 Å². The van der Waals surface area contributed by atoms with Gasteiger partial charge in [-0.2, -0.15) is 0 Å². The van der Waals surface area contributed by atoms with Crippen molar-refractivity contribution < 1.29 is 0 Å². The van der Waals surface area contributed by atoms with Gasteiger partial charge in [0, 0.05) is 15.2 Å². The van der Waals surface area contributed by atoms with Crippen LogP contribution in [-0.4, -0.2) is 7.05 Å². The molecule has 0 spiro atoms. The molecule has 0 saturated heterocycles. The van der Waals surface area contributed by atoms with Crippen LogP contribution in [-0.2, 0) is 0 Å². The molecule has 0 fully saturated rings. The van der Waals surface area contributed by atoms with Gasteiger partial charge < -0.3 is 5.32 Å².